The summed E-state index contributed by atoms with van der Waals surface area (Å²) in [5.41, 5.74) is 0. The molecule has 152 valence electrons. The second-order valence-corrected chi connectivity index (χ2v) is 9.84. The molecule has 1 heterocycles. The standard InChI is InChI=1S/C24H48S.Na.H/c1-2-3-4-5-6-7-8-9-10-11-12-13-15-18-21-24-22-19-16-14-17-20-23-25-24;;/h24H,2-23H2,1H3;;. The van der Waals surface area contributed by atoms with Crippen molar-refractivity contribution in [3.63, 3.8) is 0 Å². The van der Waals surface area contributed by atoms with Gasteiger partial charge >= 0.3 is 29.6 Å². The van der Waals surface area contributed by atoms with Crippen LogP contribution in [0.2, 0.25) is 0 Å². The summed E-state index contributed by atoms with van der Waals surface area (Å²) in [6, 6.07) is 0. The topological polar surface area (TPSA) is 0 Å². The monoisotopic (exact) mass is 392 g/mol. The Kier molecular flexibility index (Phi) is 23.8. The molecule has 0 spiro atoms. The van der Waals surface area contributed by atoms with E-state index in [4.69, 9.17) is 0 Å². The van der Waals surface area contributed by atoms with Crippen molar-refractivity contribution in [2.75, 3.05) is 5.75 Å². The van der Waals surface area contributed by atoms with E-state index < -0.39 is 0 Å². The zero-order chi connectivity index (χ0) is 17.8. The van der Waals surface area contributed by atoms with Crippen LogP contribution in [0.3, 0.4) is 0 Å². The molecule has 1 aliphatic heterocycles. The SMILES string of the molecule is CCCCCCCCCCCCCCCCC1CCCCCCCS1.[NaH]. The van der Waals surface area contributed by atoms with Crippen LogP contribution < -0.4 is 0 Å². The van der Waals surface area contributed by atoms with Crippen LogP contribution in [0.4, 0.5) is 0 Å². The maximum absolute atomic E-state index is 2.30. The second kappa shape index (κ2) is 22.6. The van der Waals surface area contributed by atoms with Crippen LogP contribution >= 0.6 is 11.8 Å². The Labute approximate surface area is 193 Å². The van der Waals surface area contributed by atoms with Crippen molar-refractivity contribution < 1.29 is 0 Å². The molecule has 0 nitrogen and oxygen atoms in total. The fraction of sp³-hybridized carbons (Fsp3) is 1.00. The molecule has 1 saturated heterocycles. The summed E-state index contributed by atoms with van der Waals surface area (Å²) in [6.45, 7) is 2.30. The Morgan fingerprint density at radius 2 is 1.04 bits per heavy atom. The van der Waals surface area contributed by atoms with Gasteiger partial charge in [-0.15, -0.1) is 0 Å². The number of hydrogen-bond acceptors (Lipinski definition) is 1. The molecule has 0 aromatic rings. The zero-order valence-corrected chi connectivity index (χ0v) is 18.4. The molecule has 0 aromatic heterocycles. The molecular weight excluding hydrogens is 343 g/mol. The minimum atomic E-state index is 0. The molecule has 0 aliphatic carbocycles. The van der Waals surface area contributed by atoms with Crippen molar-refractivity contribution in [3.8, 4) is 0 Å². The van der Waals surface area contributed by atoms with E-state index in [0.29, 0.717) is 0 Å². The van der Waals surface area contributed by atoms with Crippen molar-refractivity contribution in [2.24, 2.45) is 0 Å². The van der Waals surface area contributed by atoms with E-state index in [-0.39, 0.29) is 29.6 Å². The molecule has 1 aliphatic rings. The molecule has 26 heavy (non-hydrogen) atoms. The molecule has 0 amide bonds. The van der Waals surface area contributed by atoms with Gasteiger partial charge in [-0.05, 0) is 25.0 Å². The average Bonchev–Trinajstić information content (AvgIpc) is 2.76. The molecule has 0 saturated carbocycles. The predicted molar refractivity (Wildman–Crippen MR) is 126 cm³/mol. The molecule has 0 radical (unpaired) electrons. The third kappa shape index (κ3) is 18.7. The van der Waals surface area contributed by atoms with Crippen LogP contribution in [0.1, 0.15) is 142 Å². The van der Waals surface area contributed by atoms with Crippen molar-refractivity contribution in [2.45, 2.75) is 147 Å². The fourth-order valence-corrected chi connectivity index (χ4v) is 5.50. The summed E-state index contributed by atoms with van der Waals surface area (Å²) >= 11 is 2.30. The molecule has 1 atom stereocenters. The van der Waals surface area contributed by atoms with E-state index >= 15 is 0 Å². The first-order valence-electron chi connectivity index (χ1n) is 12.0. The third-order valence-electron chi connectivity index (χ3n) is 5.90. The molecule has 2 heteroatoms. The van der Waals surface area contributed by atoms with Gasteiger partial charge in [0.15, 0.2) is 0 Å². The average molecular weight is 393 g/mol. The van der Waals surface area contributed by atoms with E-state index in [9.17, 15) is 0 Å². The van der Waals surface area contributed by atoms with E-state index in [1.54, 1.807) is 0 Å². The van der Waals surface area contributed by atoms with Crippen molar-refractivity contribution in [1.82, 2.24) is 0 Å². The van der Waals surface area contributed by atoms with E-state index in [1.165, 1.54) is 141 Å². The molecule has 0 aromatic carbocycles. The van der Waals surface area contributed by atoms with Gasteiger partial charge in [0.1, 0.15) is 0 Å². The van der Waals surface area contributed by atoms with Crippen LogP contribution in [-0.2, 0) is 0 Å². The van der Waals surface area contributed by atoms with Crippen LogP contribution in [0.15, 0.2) is 0 Å². The molecule has 1 rings (SSSR count). The molecule has 0 bridgehead atoms. The summed E-state index contributed by atoms with van der Waals surface area (Å²) in [7, 11) is 0. The van der Waals surface area contributed by atoms with Crippen LogP contribution in [0.5, 0.6) is 0 Å². The summed E-state index contributed by atoms with van der Waals surface area (Å²) in [5.74, 6) is 1.43. The van der Waals surface area contributed by atoms with Crippen LogP contribution in [0.25, 0.3) is 0 Å². The Morgan fingerprint density at radius 3 is 1.62 bits per heavy atom. The van der Waals surface area contributed by atoms with E-state index in [1.807, 2.05) is 0 Å². The van der Waals surface area contributed by atoms with Crippen molar-refractivity contribution >= 4 is 41.3 Å². The predicted octanol–water partition coefficient (Wildman–Crippen LogP) is 8.67. The first-order chi connectivity index (χ1) is 12.4. The number of hydrogen-bond donors (Lipinski definition) is 0. The van der Waals surface area contributed by atoms with Gasteiger partial charge in [-0.25, -0.2) is 0 Å². The number of rotatable bonds is 15. The summed E-state index contributed by atoms with van der Waals surface area (Å²) < 4.78 is 0. The van der Waals surface area contributed by atoms with Gasteiger partial charge in [0.05, 0.1) is 0 Å². The molecule has 0 N–H and O–H groups in total. The first-order valence-corrected chi connectivity index (χ1v) is 13.1. The molecular formula is C24H49NaS. The van der Waals surface area contributed by atoms with Crippen LogP contribution in [0, 0.1) is 0 Å². The van der Waals surface area contributed by atoms with Gasteiger partial charge in [0.25, 0.3) is 0 Å². The van der Waals surface area contributed by atoms with Crippen LogP contribution in [-0.4, -0.2) is 40.6 Å². The van der Waals surface area contributed by atoms with Gasteiger partial charge in [-0.2, -0.15) is 11.8 Å². The van der Waals surface area contributed by atoms with Crippen molar-refractivity contribution in [1.29, 1.82) is 0 Å². The Morgan fingerprint density at radius 1 is 0.577 bits per heavy atom. The quantitative estimate of drug-likeness (QED) is 0.198. The Hall–Kier alpha value is 1.35. The number of thioether (sulfide) groups is 1. The normalized spacial score (nSPS) is 18.6. The maximum atomic E-state index is 2.30. The Balaban J connectivity index is 0.00000625. The molecule has 1 unspecified atom stereocenters. The third-order valence-corrected chi connectivity index (χ3v) is 7.37. The zero-order valence-electron chi connectivity index (χ0n) is 17.5. The fourth-order valence-electron chi connectivity index (χ4n) is 4.13. The Bertz CT molecular complexity index is 247. The van der Waals surface area contributed by atoms with Gasteiger partial charge in [-0.1, -0.05) is 122 Å². The van der Waals surface area contributed by atoms with Gasteiger partial charge < -0.3 is 0 Å². The van der Waals surface area contributed by atoms with E-state index in [0.717, 1.165) is 5.25 Å². The summed E-state index contributed by atoms with van der Waals surface area (Å²) in [5, 5.41) is 0.996. The van der Waals surface area contributed by atoms with Gasteiger partial charge in [0, 0.05) is 5.25 Å². The minimum absolute atomic E-state index is 0. The van der Waals surface area contributed by atoms with Crippen molar-refractivity contribution in [3.05, 3.63) is 0 Å². The first kappa shape index (κ1) is 27.4. The number of unbranched alkanes of at least 4 members (excludes halogenated alkanes) is 13. The molecule has 1 fully saturated rings. The second-order valence-electron chi connectivity index (χ2n) is 8.43. The van der Waals surface area contributed by atoms with Gasteiger partial charge in [-0.3, -0.25) is 0 Å². The summed E-state index contributed by atoms with van der Waals surface area (Å²) in [4.78, 5) is 0. The van der Waals surface area contributed by atoms with Gasteiger partial charge in [0.2, 0.25) is 0 Å². The summed E-state index contributed by atoms with van der Waals surface area (Å²) in [6.07, 6.45) is 31.1. The van der Waals surface area contributed by atoms with E-state index in [2.05, 4.69) is 18.7 Å².